The Kier molecular flexibility index (Phi) is 3.81. The van der Waals surface area contributed by atoms with E-state index in [0.717, 1.165) is 21.4 Å². The van der Waals surface area contributed by atoms with E-state index >= 15 is 0 Å². The topological polar surface area (TPSA) is 50.9 Å². The van der Waals surface area contributed by atoms with E-state index in [2.05, 4.69) is 26.2 Å². The summed E-state index contributed by atoms with van der Waals surface area (Å²) in [5, 5.41) is 17.5. The van der Waals surface area contributed by atoms with Crippen molar-refractivity contribution in [3.05, 3.63) is 39.1 Å². The van der Waals surface area contributed by atoms with Crippen LogP contribution in [0.4, 0.5) is 0 Å². The predicted octanol–water partition coefficient (Wildman–Crippen LogP) is 2.53. The van der Waals surface area contributed by atoms with Crippen molar-refractivity contribution in [3.63, 3.8) is 0 Å². The van der Waals surface area contributed by atoms with Gasteiger partial charge in [0.15, 0.2) is 0 Å². The molecule has 2 rings (SSSR count). The Morgan fingerprint density at radius 2 is 2.24 bits per heavy atom. The van der Waals surface area contributed by atoms with Crippen molar-refractivity contribution in [2.24, 2.45) is 0 Å². The van der Waals surface area contributed by atoms with Gasteiger partial charge in [0.1, 0.15) is 0 Å². The fraction of sp³-hybridized carbons (Fsp3) is 0.273. The largest absolute Gasteiger partial charge is 0.396 e. The summed E-state index contributed by atoms with van der Waals surface area (Å²) in [6, 6.07) is 3.77. The molecule has 0 fully saturated rings. The second-order valence-corrected chi connectivity index (χ2v) is 4.94. The van der Waals surface area contributed by atoms with Crippen molar-refractivity contribution in [3.8, 4) is 5.69 Å². The summed E-state index contributed by atoms with van der Waals surface area (Å²) < 4.78 is 2.54. The molecule has 17 heavy (non-hydrogen) atoms. The average molecular weight is 317 g/mol. The number of aromatic nitrogens is 3. The molecular formula is C11H11BrClN3O. The zero-order chi connectivity index (χ0) is 12.4. The first-order valence-electron chi connectivity index (χ1n) is 5.10. The van der Waals surface area contributed by atoms with Gasteiger partial charge in [0.2, 0.25) is 0 Å². The standard InChI is InChI=1S/C11H11BrClN3O/c1-7-4-9(12)11(5-10(7)13)16-6-8(2-3-17)14-15-16/h4-6,17H,2-3H2,1H3. The van der Waals surface area contributed by atoms with Crippen LogP contribution in [-0.4, -0.2) is 26.7 Å². The van der Waals surface area contributed by atoms with Gasteiger partial charge in [-0.05, 0) is 40.5 Å². The minimum absolute atomic E-state index is 0.0640. The summed E-state index contributed by atoms with van der Waals surface area (Å²) in [4.78, 5) is 0. The van der Waals surface area contributed by atoms with Crippen molar-refractivity contribution in [2.75, 3.05) is 6.61 Å². The van der Waals surface area contributed by atoms with Gasteiger partial charge in [0, 0.05) is 22.5 Å². The summed E-state index contributed by atoms with van der Waals surface area (Å²) in [6.45, 7) is 2.00. The fourth-order valence-corrected chi connectivity index (χ4v) is 2.25. The van der Waals surface area contributed by atoms with Gasteiger partial charge in [-0.1, -0.05) is 16.8 Å². The molecule has 0 unspecified atom stereocenters. The number of benzene rings is 1. The summed E-state index contributed by atoms with van der Waals surface area (Å²) in [5.41, 5.74) is 2.58. The summed E-state index contributed by atoms with van der Waals surface area (Å²) in [5.74, 6) is 0. The van der Waals surface area contributed by atoms with E-state index in [-0.39, 0.29) is 6.61 Å². The van der Waals surface area contributed by atoms with Crippen molar-refractivity contribution in [2.45, 2.75) is 13.3 Å². The van der Waals surface area contributed by atoms with Gasteiger partial charge in [-0.15, -0.1) is 5.10 Å². The molecule has 0 bridgehead atoms. The first kappa shape index (κ1) is 12.5. The maximum atomic E-state index is 8.83. The quantitative estimate of drug-likeness (QED) is 0.946. The van der Waals surface area contributed by atoms with Crippen LogP contribution in [0.15, 0.2) is 22.8 Å². The minimum atomic E-state index is 0.0640. The lowest BCUT2D eigenvalue weighted by atomic mass is 10.2. The Balaban J connectivity index is 2.41. The first-order chi connectivity index (χ1) is 8.11. The number of halogens is 2. The molecular weight excluding hydrogens is 305 g/mol. The molecule has 4 nitrogen and oxygen atoms in total. The number of rotatable bonds is 3. The van der Waals surface area contributed by atoms with Gasteiger partial charge < -0.3 is 5.11 Å². The molecule has 2 aromatic rings. The van der Waals surface area contributed by atoms with E-state index in [4.69, 9.17) is 16.7 Å². The molecule has 1 aromatic carbocycles. The normalized spacial score (nSPS) is 10.8. The number of aliphatic hydroxyl groups excluding tert-OH is 1. The molecule has 0 aliphatic rings. The first-order valence-corrected chi connectivity index (χ1v) is 6.27. The third-order valence-corrected chi connectivity index (χ3v) is 3.43. The second kappa shape index (κ2) is 5.16. The van der Waals surface area contributed by atoms with Crippen LogP contribution in [0.2, 0.25) is 5.02 Å². The van der Waals surface area contributed by atoms with Crippen LogP contribution in [0.5, 0.6) is 0 Å². The molecule has 0 saturated heterocycles. The Morgan fingerprint density at radius 1 is 1.47 bits per heavy atom. The highest BCUT2D eigenvalue weighted by molar-refractivity contribution is 9.10. The van der Waals surface area contributed by atoms with Crippen molar-refractivity contribution in [1.29, 1.82) is 0 Å². The minimum Gasteiger partial charge on any atom is -0.396 e. The lowest BCUT2D eigenvalue weighted by Gasteiger charge is -2.06. The molecule has 0 saturated carbocycles. The lowest BCUT2D eigenvalue weighted by molar-refractivity contribution is 0.298. The third kappa shape index (κ3) is 2.68. The molecule has 0 spiro atoms. The molecule has 0 aliphatic carbocycles. The molecule has 1 N–H and O–H groups in total. The van der Waals surface area contributed by atoms with Gasteiger partial charge in [-0.25, -0.2) is 4.68 Å². The highest BCUT2D eigenvalue weighted by Crippen LogP contribution is 2.27. The maximum absolute atomic E-state index is 8.83. The highest BCUT2D eigenvalue weighted by atomic mass is 79.9. The maximum Gasteiger partial charge on any atom is 0.0854 e. The monoisotopic (exact) mass is 315 g/mol. The second-order valence-electron chi connectivity index (χ2n) is 3.68. The highest BCUT2D eigenvalue weighted by Gasteiger charge is 2.08. The van der Waals surface area contributed by atoms with Crippen LogP contribution in [0.1, 0.15) is 11.3 Å². The number of aryl methyl sites for hydroxylation is 1. The van der Waals surface area contributed by atoms with Crippen LogP contribution >= 0.6 is 27.5 Å². The van der Waals surface area contributed by atoms with Gasteiger partial charge in [-0.2, -0.15) is 0 Å². The zero-order valence-corrected chi connectivity index (χ0v) is 11.5. The molecule has 90 valence electrons. The average Bonchev–Trinajstić information content (AvgIpc) is 2.72. The van der Waals surface area contributed by atoms with Crippen LogP contribution in [0.3, 0.4) is 0 Å². The van der Waals surface area contributed by atoms with Crippen LogP contribution in [0.25, 0.3) is 5.69 Å². The lowest BCUT2D eigenvalue weighted by Crippen LogP contribution is -1.97. The number of aliphatic hydroxyl groups is 1. The molecule has 0 atom stereocenters. The van der Waals surface area contributed by atoms with E-state index < -0.39 is 0 Å². The summed E-state index contributed by atoms with van der Waals surface area (Å²) >= 11 is 9.55. The Hall–Kier alpha value is -0.910. The zero-order valence-electron chi connectivity index (χ0n) is 9.19. The van der Waals surface area contributed by atoms with E-state index in [1.807, 2.05) is 19.1 Å². The van der Waals surface area contributed by atoms with E-state index in [9.17, 15) is 0 Å². The van der Waals surface area contributed by atoms with Gasteiger partial charge in [0.25, 0.3) is 0 Å². The number of hydrogen-bond donors (Lipinski definition) is 1. The third-order valence-electron chi connectivity index (χ3n) is 2.38. The van der Waals surface area contributed by atoms with Gasteiger partial charge in [-0.3, -0.25) is 0 Å². The molecule has 0 amide bonds. The summed E-state index contributed by atoms with van der Waals surface area (Å²) in [6.07, 6.45) is 2.28. The van der Waals surface area contributed by atoms with E-state index in [0.29, 0.717) is 11.4 Å². The molecule has 1 heterocycles. The number of nitrogens with zero attached hydrogens (tertiary/aromatic N) is 3. The Morgan fingerprint density at radius 3 is 2.94 bits per heavy atom. The smallest absolute Gasteiger partial charge is 0.0854 e. The van der Waals surface area contributed by atoms with Crippen molar-refractivity contribution < 1.29 is 5.11 Å². The van der Waals surface area contributed by atoms with Gasteiger partial charge >= 0.3 is 0 Å². The molecule has 0 radical (unpaired) electrons. The van der Waals surface area contributed by atoms with Crippen LogP contribution < -0.4 is 0 Å². The molecule has 6 heteroatoms. The van der Waals surface area contributed by atoms with E-state index in [1.54, 1.807) is 10.9 Å². The van der Waals surface area contributed by atoms with E-state index in [1.165, 1.54) is 0 Å². The van der Waals surface area contributed by atoms with Crippen LogP contribution in [0, 0.1) is 6.92 Å². The molecule has 0 aliphatic heterocycles. The van der Waals surface area contributed by atoms with Gasteiger partial charge in [0.05, 0.1) is 17.6 Å². The van der Waals surface area contributed by atoms with Crippen molar-refractivity contribution in [1.82, 2.24) is 15.0 Å². The molecule has 1 aromatic heterocycles. The fourth-order valence-electron chi connectivity index (χ4n) is 1.46. The Bertz CT molecular complexity index is 542. The summed E-state index contributed by atoms with van der Waals surface area (Å²) in [7, 11) is 0. The van der Waals surface area contributed by atoms with Crippen LogP contribution in [-0.2, 0) is 6.42 Å². The van der Waals surface area contributed by atoms with Crippen molar-refractivity contribution >= 4 is 27.5 Å². The number of hydrogen-bond acceptors (Lipinski definition) is 3. The SMILES string of the molecule is Cc1cc(Br)c(-n2cc(CCO)nn2)cc1Cl. The Labute approximate surface area is 112 Å². The predicted molar refractivity (Wildman–Crippen MR) is 69.6 cm³/mol.